The fraction of sp³-hybridized carbons (Fsp3) is 0.235. The molecule has 2 aromatic carbocycles. The number of ether oxygens (including phenoxy) is 1. The highest BCUT2D eigenvalue weighted by Crippen LogP contribution is 2.16. The summed E-state index contributed by atoms with van der Waals surface area (Å²) in [7, 11) is 0. The van der Waals surface area contributed by atoms with Crippen molar-refractivity contribution in [3.8, 4) is 5.75 Å². The van der Waals surface area contributed by atoms with E-state index in [0.29, 0.717) is 11.6 Å². The van der Waals surface area contributed by atoms with Crippen molar-refractivity contribution >= 4 is 17.2 Å². The van der Waals surface area contributed by atoms with Crippen molar-refractivity contribution in [2.75, 3.05) is 0 Å². The Bertz CT molecular complexity index is 578. The molecule has 0 atom stereocenters. The van der Waals surface area contributed by atoms with Crippen molar-refractivity contribution in [3.63, 3.8) is 0 Å². The maximum Gasteiger partial charge on any atom is 0.119 e. The molecule has 0 fully saturated rings. The second kappa shape index (κ2) is 7.06. The Labute approximate surface area is 125 Å². The van der Waals surface area contributed by atoms with Crippen LogP contribution in [0.2, 0.25) is 0 Å². The number of benzene rings is 2. The summed E-state index contributed by atoms with van der Waals surface area (Å²) < 4.78 is 5.80. The van der Waals surface area contributed by atoms with E-state index in [2.05, 4.69) is 19.1 Å². The van der Waals surface area contributed by atoms with Crippen molar-refractivity contribution in [1.82, 2.24) is 0 Å². The summed E-state index contributed by atoms with van der Waals surface area (Å²) in [5.74, 6) is 0.864. The van der Waals surface area contributed by atoms with Gasteiger partial charge in [0.25, 0.3) is 0 Å². The Balaban J connectivity index is 2.03. The van der Waals surface area contributed by atoms with Crippen molar-refractivity contribution in [2.45, 2.75) is 26.4 Å². The normalized spacial score (nSPS) is 10.2. The largest absolute Gasteiger partial charge is 0.489 e. The van der Waals surface area contributed by atoms with Gasteiger partial charge in [-0.15, -0.1) is 0 Å². The Morgan fingerprint density at radius 2 is 1.80 bits per heavy atom. The molecule has 2 rings (SSSR count). The maximum atomic E-state index is 5.80. The van der Waals surface area contributed by atoms with Crippen LogP contribution in [0, 0.1) is 0 Å². The predicted molar refractivity (Wildman–Crippen MR) is 87.1 cm³/mol. The first-order valence-electron chi connectivity index (χ1n) is 6.80. The number of aryl methyl sites for hydroxylation is 1. The van der Waals surface area contributed by atoms with E-state index >= 15 is 0 Å². The van der Waals surface area contributed by atoms with Crippen LogP contribution in [0.15, 0.2) is 48.5 Å². The van der Waals surface area contributed by atoms with Gasteiger partial charge < -0.3 is 10.5 Å². The van der Waals surface area contributed by atoms with Gasteiger partial charge in [-0.2, -0.15) is 0 Å². The highest BCUT2D eigenvalue weighted by molar-refractivity contribution is 7.80. The van der Waals surface area contributed by atoms with Gasteiger partial charge in [0.1, 0.15) is 17.3 Å². The molecule has 0 spiro atoms. The van der Waals surface area contributed by atoms with E-state index in [1.165, 1.54) is 5.56 Å². The first kappa shape index (κ1) is 14.5. The number of hydrogen-bond donors (Lipinski definition) is 1. The molecule has 0 aliphatic rings. The fourth-order valence-electron chi connectivity index (χ4n) is 2.09. The minimum absolute atomic E-state index is 0.405. The summed E-state index contributed by atoms with van der Waals surface area (Å²) >= 11 is 5.05. The summed E-state index contributed by atoms with van der Waals surface area (Å²) in [5.41, 5.74) is 8.94. The van der Waals surface area contributed by atoms with Crippen molar-refractivity contribution in [1.29, 1.82) is 0 Å². The molecule has 0 heterocycles. The molecule has 0 saturated carbocycles. The lowest BCUT2D eigenvalue weighted by molar-refractivity contribution is 0.306. The number of rotatable bonds is 6. The molecule has 104 valence electrons. The van der Waals surface area contributed by atoms with Crippen LogP contribution >= 0.6 is 12.2 Å². The van der Waals surface area contributed by atoms with Gasteiger partial charge in [-0.1, -0.05) is 62.0 Å². The van der Waals surface area contributed by atoms with E-state index in [-0.39, 0.29) is 0 Å². The van der Waals surface area contributed by atoms with E-state index in [1.807, 2.05) is 36.4 Å². The van der Waals surface area contributed by atoms with Crippen LogP contribution in [0.3, 0.4) is 0 Å². The molecule has 20 heavy (non-hydrogen) atoms. The Morgan fingerprint density at radius 1 is 1.10 bits per heavy atom. The SMILES string of the molecule is CCCc1ccc(OCc2ccccc2C(N)=S)cc1. The molecule has 2 nitrogen and oxygen atoms in total. The lowest BCUT2D eigenvalue weighted by Crippen LogP contribution is -2.13. The van der Waals surface area contributed by atoms with Crippen molar-refractivity contribution in [3.05, 3.63) is 65.2 Å². The van der Waals surface area contributed by atoms with Crippen LogP contribution in [0.1, 0.15) is 30.0 Å². The monoisotopic (exact) mass is 285 g/mol. The Morgan fingerprint density at radius 3 is 2.45 bits per heavy atom. The van der Waals surface area contributed by atoms with Gasteiger partial charge in [-0.25, -0.2) is 0 Å². The van der Waals surface area contributed by atoms with Gasteiger partial charge in [0, 0.05) is 5.56 Å². The average molecular weight is 285 g/mol. The standard InChI is InChI=1S/C17H19NOS/c1-2-5-13-8-10-15(11-9-13)19-12-14-6-3-4-7-16(14)17(18)20/h3-4,6-11H,2,5,12H2,1H3,(H2,18,20). The zero-order valence-corrected chi connectivity index (χ0v) is 12.5. The van der Waals surface area contributed by atoms with Gasteiger partial charge in [0.15, 0.2) is 0 Å². The third kappa shape index (κ3) is 3.81. The number of nitrogens with two attached hydrogens (primary N) is 1. The lowest BCUT2D eigenvalue weighted by Gasteiger charge is -2.10. The maximum absolute atomic E-state index is 5.80. The summed E-state index contributed by atoms with van der Waals surface area (Å²) in [6, 6.07) is 16.0. The molecule has 0 unspecified atom stereocenters. The van der Waals surface area contributed by atoms with Gasteiger partial charge >= 0.3 is 0 Å². The molecule has 0 aliphatic carbocycles. The second-order valence-corrected chi connectivity index (χ2v) is 5.14. The lowest BCUT2D eigenvalue weighted by atomic mass is 10.1. The summed E-state index contributed by atoms with van der Waals surface area (Å²) in [6.07, 6.45) is 2.26. The first-order valence-corrected chi connectivity index (χ1v) is 7.21. The van der Waals surface area contributed by atoms with Crippen LogP contribution in [-0.4, -0.2) is 4.99 Å². The molecule has 0 bridgehead atoms. The minimum Gasteiger partial charge on any atom is -0.489 e. The van der Waals surface area contributed by atoms with Gasteiger partial charge in [-0.3, -0.25) is 0 Å². The van der Waals surface area contributed by atoms with E-state index in [0.717, 1.165) is 29.7 Å². The Kier molecular flexibility index (Phi) is 5.13. The number of thiocarbonyl (C=S) groups is 1. The van der Waals surface area contributed by atoms with E-state index in [4.69, 9.17) is 22.7 Å². The van der Waals surface area contributed by atoms with Crippen molar-refractivity contribution in [2.24, 2.45) is 5.73 Å². The van der Waals surface area contributed by atoms with E-state index < -0.39 is 0 Å². The Hall–Kier alpha value is -1.87. The summed E-state index contributed by atoms with van der Waals surface area (Å²) in [5, 5.41) is 0. The zero-order chi connectivity index (χ0) is 14.4. The van der Waals surface area contributed by atoms with Crippen LogP contribution in [-0.2, 0) is 13.0 Å². The highest BCUT2D eigenvalue weighted by Gasteiger charge is 2.05. The molecule has 0 amide bonds. The second-order valence-electron chi connectivity index (χ2n) is 4.70. The van der Waals surface area contributed by atoms with Gasteiger partial charge in [-0.05, 0) is 29.7 Å². The molecule has 2 aromatic rings. The van der Waals surface area contributed by atoms with Gasteiger partial charge in [0.2, 0.25) is 0 Å². The summed E-state index contributed by atoms with van der Waals surface area (Å²) in [4.78, 5) is 0.405. The average Bonchev–Trinajstić information content (AvgIpc) is 2.47. The highest BCUT2D eigenvalue weighted by atomic mass is 32.1. The van der Waals surface area contributed by atoms with E-state index in [1.54, 1.807) is 0 Å². The zero-order valence-electron chi connectivity index (χ0n) is 11.6. The van der Waals surface area contributed by atoms with E-state index in [9.17, 15) is 0 Å². The molecule has 0 saturated heterocycles. The van der Waals surface area contributed by atoms with Gasteiger partial charge in [0.05, 0.1) is 0 Å². The van der Waals surface area contributed by atoms with Crippen LogP contribution in [0.4, 0.5) is 0 Å². The molecule has 0 radical (unpaired) electrons. The summed E-state index contributed by atoms with van der Waals surface area (Å²) in [6.45, 7) is 2.65. The third-order valence-electron chi connectivity index (χ3n) is 3.14. The molecule has 2 N–H and O–H groups in total. The predicted octanol–water partition coefficient (Wildman–Crippen LogP) is 3.85. The van der Waals surface area contributed by atoms with Crippen LogP contribution in [0.25, 0.3) is 0 Å². The minimum atomic E-state index is 0.405. The molecule has 3 heteroatoms. The van der Waals surface area contributed by atoms with Crippen LogP contribution in [0.5, 0.6) is 5.75 Å². The molecular weight excluding hydrogens is 266 g/mol. The fourth-order valence-corrected chi connectivity index (χ4v) is 2.29. The van der Waals surface area contributed by atoms with Crippen LogP contribution < -0.4 is 10.5 Å². The molecular formula is C17H19NOS. The first-order chi connectivity index (χ1) is 9.70. The topological polar surface area (TPSA) is 35.2 Å². The molecule has 0 aromatic heterocycles. The third-order valence-corrected chi connectivity index (χ3v) is 3.36. The van der Waals surface area contributed by atoms with Crippen molar-refractivity contribution < 1.29 is 4.74 Å². The quantitative estimate of drug-likeness (QED) is 0.819. The number of hydrogen-bond acceptors (Lipinski definition) is 2. The smallest absolute Gasteiger partial charge is 0.119 e. The molecule has 0 aliphatic heterocycles.